The molecule has 4 rings (SSSR count). The van der Waals surface area contributed by atoms with Crippen molar-refractivity contribution in [2.45, 2.75) is 25.1 Å². The molecule has 24 heavy (non-hydrogen) atoms. The lowest BCUT2D eigenvalue weighted by Crippen LogP contribution is -2.37. The van der Waals surface area contributed by atoms with Gasteiger partial charge in [0, 0.05) is 42.4 Å². The highest BCUT2D eigenvalue weighted by atomic mass is 35.5. The van der Waals surface area contributed by atoms with Crippen molar-refractivity contribution in [3.8, 4) is 0 Å². The summed E-state index contributed by atoms with van der Waals surface area (Å²) < 4.78 is 1.68. The molecule has 1 aromatic carbocycles. The Kier molecular flexibility index (Phi) is 3.96. The Bertz CT molecular complexity index is 853. The largest absolute Gasteiger partial charge is 0.387 e. The second-order valence-corrected chi connectivity index (χ2v) is 6.86. The lowest BCUT2D eigenvalue weighted by Gasteiger charge is -2.23. The summed E-state index contributed by atoms with van der Waals surface area (Å²) in [5, 5.41) is 20.3. The van der Waals surface area contributed by atoms with Gasteiger partial charge < -0.3 is 5.11 Å². The maximum absolute atomic E-state index is 10.8. The molecule has 0 amide bonds. The van der Waals surface area contributed by atoms with Crippen LogP contribution in [0.2, 0.25) is 5.02 Å². The van der Waals surface area contributed by atoms with Crippen molar-refractivity contribution in [3.63, 3.8) is 0 Å². The van der Waals surface area contributed by atoms with Crippen molar-refractivity contribution < 1.29 is 5.11 Å². The molecule has 0 bridgehead atoms. The lowest BCUT2D eigenvalue weighted by atomic mass is 10.0. The zero-order valence-corrected chi connectivity index (χ0v) is 13.9. The molecule has 1 aliphatic rings. The number of aliphatic hydroxyl groups is 1. The van der Waals surface area contributed by atoms with Crippen LogP contribution in [0.3, 0.4) is 0 Å². The summed E-state index contributed by atoms with van der Waals surface area (Å²) in [7, 11) is 0. The van der Waals surface area contributed by atoms with E-state index in [2.05, 4.69) is 20.2 Å². The fourth-order valence-electron chi connectivity index (χ4n) is 3.41. The number of β-amino-alcohol motifs (C(OH)–C–C–N with tert-alkyl or cyclic N) is 1. The predicted molar refractivity (Wildman–Crippen MR) is 91.6 cm³/mol. The summed E-state index contributed by atoms with van der Waals surface area (Å²) in [6.07, 6.45) is 5.90. The second-order valence-electron chi connectivity index (χ2n) is 6.43. The highest BCUT2D eigenvalue weighted by molar-refractivity contribution is 6.31. The van der Waals surface area contributed by atoms with Crippen molar-refractivity contribution in [2.24, 2.45) is 0 Å². The van der Waals surface area contributed by atoms with E-state index >= 15 is 0 Å². The van der Waals surface area contributed by atoms with Crippen LogP contribution in [0.1, 0.15) is 12.0 Å². The Morgan fingerprint density at radius 2 is 2.21 bits per heavy atom. The number of benzene rings is 1. The molecule has 1 atom stereocenters. The predicted octanol–water partition coefficient (Wildman–Crippen LogP) is 2.12. The maximum Gasteiger partial charge on any atom is 0.0981 e. The van der Waals surface area contributed by atoms with Crippen LogP contribution in [-0.4, -0.2) is 48.7 Å². The van der Waals surface area contributed by atoms with Gasteiger partial charge in [-0.2, -0.15) is 0 Å². The van der Waals surface area contributed by atoms with Gasteiger partial charge in [0.15, 0.2) is 0 Å². The number of nitrogens with zero attached hydrogens (tertiary/aromatic N) is 5. The molecule has 1 aliphatic heterocycles. The molecule has 0 spiro atoms. The number of rotatable bonds is 4. The fraction of sp³-hybridized carbons (Fsp3) is 0.353. The molecule has 6 nitrogen and oxygen atoms in total. The molecule has 124 valence electrons. The van der Waals surface area contributed by atoms with Gasteiger partial charge in [-0.05, 0) is 30.2 Å². The van der Waals surface area contributed by atoms with Crippen molar-refractivity contribution >= 4 is 22.5 Å². The smallest absolute Gasteiger partial charge is 0.0981 e. The van der Waals surface area contributed by atoms with E-state index in [1.54, 1.807) is 23.3 Å². The third-order valence-electron chi connectivity index (χ3n) is 4.48. The van der Waals surface area contributed by atoms with E-state index in [1.165, 1.54) is 0 Å². The van der Waals surface area contributed by atoms with Crippen LogP contribution >= 0.6 is 11.6 Å². The maximum atomic E-state index is 10.8. The summed E-state index contributed by atoms with van der Waals surface area (Å²) in [4.78, 5) is 6.72. The van der Waals surface area contributed by atoms with Gasteiger partial charge in [0.1, 0.15) is 0 Å². The van der Waals surface area contributed by atoms with Crippen molar-refractivity contribution in [1.82, 2.24) is 24.9 Å². The summed E-state index contributed by atoms with van der Waals surface area (Å²) in [5.74, 6) is 0. The van der Waals surface area contributed by atoms with Crippen LogP contribution in [-0.2, 0) is 13.1 Å². The molecular formula is C17H18ClN5O. The van der Waals surface area contributed by atoms with E-state index in [1.807, 2.05) is 24.3 Å². The lowest BCUT2D eigenvalue weighted by molar-refractivity contribution is 0.0275. The molecule has 1 N–H and O–H groups in total. The first-order valence-electron chi connectivity index (χ1n) is 7.93. The zero-order chi connectivity index (χ0) is 16.6. The number of halogens is 1. The van der Waals surface area contributed by atoms with E-state index in [4.69, 9.17) is 11.6 Å². The highest BCUT2D eigenvalue weighted by Gasteiger charge is 2.36. The normalized spacial score (nSPS) is 21.6. The third kappa shape index (κ3) is 3.13. The second kappa shape index (κ2) is 6.12. The molecule has 3 aromatic rings. The summed E-state index contributed by atoms with van der Waals surface area (Å²) in [6, 6.07) is 7.82. The van der Waals surface area contributed by atoms with Gasteiger partial charge >= 0.3 is 0 Å². The average Bonchev–Trinajstić information content (AvgIpc) is 3.17. The van der Waals surface area contributed by atoms with Crippen LogP contribution in [0.4, 0.5) is 0 Å². The Balaban J connectivity index is 1.53. The van der Waals surface area contributed by atoms with Crippen LogP contribution in [0.25, 0.3) is 10.9 Å². The molecule has 1 unspecified atom stereocenters. The number of fused-ring (bicyclic) bond motifs is 1. The number of hydrogen-bond acceptors (Lipinski definition) is 5. The molecule has 0 saturated carbocycles. The van der Waals surface area contributed by atoms with Crippen LogP contribution in [0, 0.1) is 0 Å². The van der Waals surface area contributed by atoms with E-state index in [-0.39, 0.29) is 0 Å². The van der Waals surface area contributed by atoms with E-state index < -0.39 is 5.60 Å². The quantitative estimate of drug-likeness (QED) is 0.786. The monoisotopic (exact) mass is 343 g/mol. The van der Waals surface area contributed by atoms with Crippen LogP contribution < -0.4 is 0 Å². The minimum Gasteiger partial charge on any atom is -0.387 e. The van der Waals surface area contributed by atoms with Crippen molar-refractivity contribution in [2.75, 3.05) is 13.1 Å². The summed E-state index contributed by atoms with van der Waals surface area (Å²) >= 11 is 6.25. The molecular weight excluding hydrogens is 326 g/mol. The zero-order valence-electron chi connectivity index (χ0n) is 13.1. The molecule has 2 aromatic heterocycles. The van der Waals surface area contributed by atoms with Crippen molar-refractivity contribution in [3.05, 3.63) is 53.4 Å². The first-order chi connectivity index (χ1) is 11.6. The van der Waals surface area contributed by atoms with Gasteiger partial charge in [0.25, 0.3) is 0 Å². The molecule has 7 heteroatoms. The van der Waals surface area contributed by atoms with E-state index in [0.29, 0.717) is 31.1 Å². The van der Waals surface area contributed by atoms with Gasteiger partial charge in [0.2, 0.25) is 0 Å². The molecule has 0 radical (unpaired) electrons. The standard InChI is InChI=1S/C17H18ClN5O/c18-15-8-13-2-1-4-19-16(13)14(9-15)10-22-6-3-17(24,11-22)12-23-7-5-20-21-23/h1-2,4-5,7-9,24H,3,6,10-12H2. The van der Waals surface area contributed by atoms with Gasteiger partial charge in [-0.3, -0.25) is 9.88 Å². The first kappa shape index (κ1) is 15.5. The van der Waals surface area contributed by atoms with Crippen molar-refractivity contribution in [1.29, 1.82) is 0 Å². The van der Waals surface area contributed by atoms with E-state index in [9.17, 15) is 5.11 Å². The Hall–Kier alpha value is -2.02. The topological polar surface area (TPSA) is 67.1 Å². The van der Waals surface area contributed by atoms with Gasteiger partial charge in [-0.15, -0.1) is 5.10 Å². The van der Waals surface area contributed by atoms with Crippen LogP contribution in [0.5, 0.6) is 0 Å². The molecule has 0 aliphatic carbocycles. The Morgan fingerprint density at radius 3 is 3.04 bits per heavy atom. The fourth-order valence-corrected chi connectivity index (χ4v) is 3.66. The van der Waals surface area contributed by atoms with Gasteiger partial charge in [-0.1, -0.05) is 22.9 Å². The van der Waals surface area contributed by atoms with E-state index in [0.717, 1.165) is 23.0 Å². The van der Waals surface area contributed by atoms with Crippen LogP contribution in [0.15, 0.2) is 42.9 Å². The minimum absolute atomic E-state index is 0.456. The average molecular weight is 344 g/mol. The van der Waals surface area contributed by atoms with Gasteiger partial charge in [-0.25, -0.2) is 4.68 Å². The molecule has 1 fully saturated rings. The molecule has 1 saturated heterocycles. The number of pyridine rings is 1. The number of likely N-dealkylation sites (tertiary alicyclic amines) is 1. The summed E-state index contributed by atoms with van der Waals surface area (Å²) in [6.45, 7) is 2.59. The Morgan fingerprint density at radius 1 is 1.29 bits per heavy atom. The summed E-state index contributed by atoms with van der Waals surface area (Å²) in [5.41, 5.74) is 1.27. The highest BCUT2D eigenvalue weighted by Crippen LogP contribution is 2.28. The SMILES string of the molecule is OC1(Cn2ccnn2)CCN(Cc2cc(Cl)cc3cccnc23)C1. The number of hydrogen-bond donors (Lipinski definition) is 1. The van der Waals surface area contributed by atoms with Gasteiger partial charge in [0.05, 0.1) is 23.9 Å². The first-order valence-corrected chi connectivity index (χ1v) is 8.31. The Labute approximate surface area is 144 Å². The third-order valence-corrected chi connectivity index (χ3v) is 4.70. The molecule has 3 heterocycles. The minimum atomic E-state index is -0.782. The number of aromatic nitrogens is 4.